The molecule has 41 heavy (non-hydrogen) atoms. The molecule has 0 aliphatic rings. The summed E-state index contributed by atoms with van der Waals surface area (Å²) in [6.45, 7) is 5.11. The molecule has 2 N–H and O–H groups in total. The fourth-order valence-electron chi connectivity index (χ4n) is 4.64. The number of anilines is 1. The quantitative estimate of drug-likeness (QED) is 0.224. The van der Waals surface area contributed by atoms with Crippen molar-refractivity contribution in [1.29, 1.82) is 5.26 Å². The van der Waals surface area contributed by atoms with Crippen molar-refractivity contribution in [3.8, 4) is 6.07 Å². The molecule has 2 amide bonds. The maximum Gasteiger partial charge on any atom is 0.261 e. The number of pyridine rings is 1. The molecule has 0 bridgehead atoms. The molecule has 2 aromatic carbocycles. The van der Waals surface area contributed by atoms with Gasteiger partial charge in [0, 0.05) is 60.1 Å². The number of hydrogen-bond donors (Lipinski definition) is 2. The van der Waals surface area contributed by atoms with Gasteiger partial charge < -0.3 is 15.2 Å². The fourth-order valence-corrected chi connectivity index (χ4v) is 5.60. The van der Waals surface area contributed by atoms with Crippen molar-refractivity contribution in [3.63, 3.8) is 0 Å². The summed E-state index contributed by atoms with van der Waals surface area (Å²) >= 11 is 1.42. The van der Waals surface area contributed by atoms with Gasteiger partial charge in [0.1, 0.15) is 0 Å². The number of carbonyl (C=O) groups is 2. The van der Waals surface area contributed by atoms with E-state index in [1.807, 2.05) is 73.1 Å². The van der Waals surface area contributed by atoms with Crippen molar-refractivity contribution in [2.24, 2.45) is 11.8 Å². The number of imidazole rings is 1. The normalized spacial score (nSPS) is 11.8. The van der Waals surface area contributed by atoms with Crippen molar-refractivity contribution in [1.82, 2.24) is 19.9 Å². The van der Waals surface area contributed by atoms with Gasteiger partial charge in [-0.2, -0.15) is 5.26 Å². The third-order valence-corrected chi connectivity index (χ3v) is 8.10. The molecule has 206 valence electrons. The van der Waals surface area contributed by atoms with Crippen molar-refractivity contribution >= 4 is 38.9 Å². The second kappa shape index (κ2) is 12.6. The topological polar surface area (TPSA) is 113 Å². The van der Waals surface area contributed by atoms with Gasteiger partial charge in [0.15, 0.2) is 0 Å². The van der Waals surface area contributed by atoms with Crippen molar-refractivity contribution in [2.45, 2.75) is 33.4 Å². The van der Waals surface area contributed by atoms with E-state index >= 15 is 0 Å². The lowest BCUT2D eigenvalue weighted by Gasteiger charge is -2.21. The number of nitrogens with zero attached hydrogens (tertiary/aromatic N) is 4. The van der Waals surface area contributed by atoms with E-state index in [0.29, 0.717) is 35.6 Å². The average Bonchev–Trinajstić information content (AvgIpc) is 3.61. The minimum atomic E-state index is -0.265. The lowest BCUT2D eigenvalue weighted by molar-refractivity contribution is -0.121. The van der Waals surface area contributed by atoms with Crippen LogP contribution in [-0.4, -0.2) is 26.3 Å². The Bertz CT molecular complexity index is 1700. The minimum Gasteiger partial charge on any atom is -0.347 e. The smallest absolute Gasteiger partial charge is 0.261 e. The third kappa shape index (κ3) is 6.86. The Morgan fingerprint density at radius 2 is 1.85 bits per heavy atom. The van der Waals surface area contributed by atoms with Gasteiger partial charge in [-0.15, -0.1) is 11.3 Å². The molecule has 8 nitrogen and oxygen atoms in total. The molecule has 5 aromatic rings. The number of aromatic nitrogens is 3. The van der Waals surface area contributed by atoms with Crippen molar-refractivity contribution in [2.75, 3.05) is 5.32 Å². The molecule has 0 aliphatic carbocycles. The van der Waals surface area contributed by atoms with Crippen molar-refractivity contribution < 1.29 is 9.59 Å². The highest BCUT2D eigenvalue weighted by molar-refractivity contribution is 7.20. The summed E-state index contributed by atoms with van der Waals surface area (Å²) in [5, 5.41) is 16.0. The van der Waals surface area contributed by atoms with E-state index in [4.69, 9.17) is 5.26 Å². The Hall–Kier alpha value is -4.81. The molecular formula is C32H30N6O2S. The molecule has 0 aliphatic heterocycles. The number of carbonyl (C=O) groups excluding carboxylic acids is 2. The monoisotopic (exact) mass is 562 g/mol. The summed E-state index contributed by atoms with van der Waals surface area (Å²) in [4.78, 5) is 35.2. The highest BCUT2D eigenvalue weighted by Gasteiger charge is 2.24. The average molecular weight is 563 g/mol. The van der Waals surface area contributed by atoms with E-state index in [1.54, 1.807) is 30.9 Å². The Balaban J connectivity index is 1.25. The van der Waals surface area contributed by atoms with E-state index in [1.165, 1.54) is 11.3 Å². The van der Waals surface area contributed by atoms with Crippen LogP contribution in [-0.2, 0) is 24.3 Å². The van der Waals surface area contributed by atoms with Gasteiger partial charge in [-0.25, -0.2) is 4.98 Å². The number of rotatable bonds is 10. The Labute approximate surface area is 242 Å². The lowest BCUT2D eigenvalue weighted by Crippen LogP contribution is -2.29. The van der Waals surface area contributed by atoms with Gasteiger partial charge in [-0.1, -0.05) is 32.0 Å². The molecule has 0 saturated heterocycles. The Morgan fingerprint density at radius 1 is 1.02 bits per heavy atom. The summed E-state index contributed by atoms with van der Waals surface area (Å²) in [7, 11) is 0. The molecular weight excluding hydrogens is 532 g/mol. The SMILES string of the molecule is CC(C)C(Cc1cncn1Cc1ccc(C#N)cc1)C(=O)Nc1ccc2sc(C(=O)NCc3cccnc3)cc2c1. The highest BCUT2D eigenvalue weighted by Crippen LogP contribution is 2.29. The number of nitriles is 1. The number of benzene rings is 2. The van der Waals surface area contributed by atoms with Crippen LogP contribution in [0.15, 0.2) is 85.6 Å². The first-order chi connectivity index (χ1) is 19.9. The standard InChI is InChI=1S/C32H30N6O2S/c1-21(2)28(14-27-18-35-20-38(27)19-23-7-5-22(15-33)6-8-23)31(39)37-26-9-10-29-25(12-26)13-30(41-29)32(40)36-17-24-4-3-11-34-16-24/h3-13,16,18,20-21,28H,14,17,19H2,1-2H3,(H,36,40)(H,37,39). The predicted molar refractivity (Wildman–Crippen MR) is 160 cm³/mol. The lowest BCUT2D eigenvalue weighted by atomic mass is 9.90. The summed E-state index contributed by atoms with van der Waals surface area (Å²) in [5.74, 6) is -0.361. The molecule has 0 spiro atoms. The van der Waals surface area contributed by atoms with Crippen LogP contribution in [0.4, 0.5) is 5.69 Å². The number of amides is 2. The van der Waals surface area contributed by atoms with Crippen LogP contribution in [0.5, 0.6) is 0 Å². The molecule has 3 aromatic heterocycles. The fraction of sp³-hybridized carbons (Fsp3) is 0.219. The second-order valence-corrected chi connectivity index (χ2v) is 11.4. The number of hydrogen-bond acceptors (Lipinski definition) is 6. The number of thiophene rings is 1. The van der Waals surface area contributed by atoms with Gasteiger partial charge in [-0.3, -0.25) is 14.6 Å². The van der Waals surface area contributed by atoms with Crippen LogP contribution in [0.1, 0.15) is 45.9 Å². The molecule has 3 heterocycles. The molecule has 1 atom stereocenters. The molecule has 1 unspecified atom stereocenters. The largest absolute Gasteiger partial charge is 0.347 e. The summed E-state index contributed by atoms with van der Waals surface area (Å²) in [6, 6.07) is 21.0. The van der Waals surface area contributed by atoms with E-state index in [9.17, 15) is 9.59 Å². The molecule has 9 heteroatoms. The maximum absolute atomic E-state index is 13.5. The second-order valence-electron chi connectivity index (χ2n) is 10.3. The van der Waals surface area contributed by atoms with Crippen LogP contribution in [0.25, 0.3) is 10.1 Å². The van der Waals surface area contributed by atoms with Crippen LogP contribution in [0, 0.1) is 23.2 Å². The predicted octanol–water partition coefficient (Wildman–Crippen LogP) is 5.80. The first-order valence-corrected chi connectivity index (χ1v) is 14.2. The zero-order valence-corrected chi connectivity index (χ0v) is 23.7. The van der Waals surface area contributed by atoms with E-state index < -0.39 is 0 Å². The van der Waals surface area contributed by atoms with Gasteiger partial charge in [0.25, 0.3) is 5.91 Å². The van der Waals surface area contributed by atoms with Gasteiger partial charge in [0.2, 0.25) is 5.91 Å². The zero-order chi connectivity index (χ0) is 28.8. The Kier molecular flexibility index (Phi) is 8.51. The summed E-state index contributed by atoms with van der Waals surface area (Å²) in [6.07, 6.45) is 7.56. The van der Waals surface area contributed by atoms with Gasteiger partial charge >= 0.3 is 0 Å². The Morgan fingerprint density at radius 3 is 2.59 bits per heavy atom. The van der Waals surface area contributed by atoms with E-state index in [2.05, 4.69) is 26.7 Å². The van der Waals surface area contributed by atoms with Crippen LogP contribution >= 0.6 is 11.3 Å². The van der Waals surface area contributed by atoms with E-state index in [-0.39, 0.29) is 23.7 Å². The van der Waals surface area contributed by atoms with Gasteiger partial charge in [0.05, 0.1) is 22.8 Å². The molecule has 0 radical (unpaired) electrons. The van der Waals surface area contributed by atoms with Crippen LogP contribution < -0.4 is 10.6 Å². The zero-order valence-electron chi connectivity index (χ0n) is 22.9. The molecule has 0 saturated carbocycles. The summed E-state index contributed by atoms with van der Waals surface area (Å²) < 4.78 is 3.02. The van der Waals surface area contributed by atoms with Crippen molar-refractivity contribution in [3.05, 3.63) is 113 Å². The number of fused-ring (bicyclic) bond motifs is 1. The van der Waals surface area contributed by atoms with Crippen LogP contribution in [0.3, 0.4) is 0 Å². The molecule has 0 fully saturated rings. The first-order valence-electron chi connectivity index (χ1n) is 13.4. The number of nitrogens with one attached hydrogen (secondary N) is 2. The first kappa shape index (κ1) is 27.7. The van der Waals surface area contributed by atoms with Crippen LogP contribution in [0.2, 0.25) is 0 Å². The maximum atomic E-state index is 13.5. The summed E-state index contributed by atoms with van der Waals surface area (Å²) in [5.41, 5.74) is 4.28. The minimum absolute atomic E-state index is 0.0601. The van der Waals surface area contributed by atoms with Gasteiger partial charge in [-0.05, 0) is 64.9 Å². The molecule has 5 rings (SSSR count). The highest BCUT2D eigenvalue weighted by atomic mass is 32.1. The van der Waals surface area contributed by atoms with E-state index in [0.717, 1.165) is 26.9 Å². The third-order valence-electron chi connectivity index (χ3n) is 6.99.